The molecule has 0 aliphatic carbocycles. The zero-order valence-corrected chi connectivity index (χ0v) is 15.3. The lowest BCUT2D eigenvalue weighted by atomic mass is 9.90. The van der Waals surface area contributed by atoms with Gasteiger partial charge in [0.2, 0.25) is 11.8 Å². The Kier molecular flexibility index (Phi) is 5.97. The fourth-order valence-corrected chi connectivity index (χ4v) is 2.45. The molecule has 2 aromatic carbocycles. The van der Waals surface area contributed by atoms with Crippen molar-refractivity contribution < 1.29 is 9.59 Å². The zero-order valence-electron chi connectivity index (χ0n) is 15.3. The summed E-state index contributed by atoms with van der Waals surface area (Å²) in [6.45, 7) is 7.74. The van der Waals surface area contributed by atoms with Crippen LogP contribution in [0.25, 0.3) is 0 Å². The average Bonchev–Trinajstić information content (AvgIpc) is 2.59. The largest absolute Gasteiger partial charge is 0.355 e. The van der Waals surface area contributed by atoms with E-state index < -0.39 is 5.41 Å². The van der Waals surface area contributed by atoms with E-state index in [9.17, 15) is 9.59 Å². The highest BCUT2D eigenvalue weighted by Crippen LogP contribution is 2.23. The summed E-state index contributed by atoms with van der Waals surface area (Å²) < 4.78 is 0. The SMILES string of the molecule is Cc1cccc(NC(=O)C(C)(C)C(=O)NCCc2ccccc2)c1C. The minimum Gasteiger partial charge on any atom is -0.355 e. The molecule has 0 heterocycles. The van der Waals surface area contributed by atoms with E-state index in [0.29, 0.717) is 6.54 Å². The quantitative estimate of drug-likeness (QED) is 0.790. The molecule has 4 heteroatoms. The molecule has 0 bridgehead atoms. The standard InChI is InChI=1S/C21H26N2O2/c1-15-9-8-12-18(16(15)2)23-20(25)21(3,4)19(24)22-14-13-17-10-6-5-7-11-17/h5-12H,13-14H2,1-4H3,(H,22,24)(H,23,25). The highest BCUT2D eigenvalue weighted by molar-refractivity contribution is 6.10. The van der Waals surface area contributed by atoms with Crippen molar-refractivity contribution in [2.24, 2.45) is 5.41 Å². The summed E-state index contributed by atoms with van der Waals surface area (Å²) in [4.78, 5) is 25.1. The molecule has 2 N–H and O–H groups in total. The van der Waals surface area contributed by atoms with E-state index in [2.05, 4.69) is 10.6 Å². The Labute approximate surface area is 149 Å². The van der Waals surface area contributed by atoms with E-state index in [-0.39, 0.29) is 11.8 Å². The molecule has 0 saturated carbocycles. The Balaban J connectivity index is 1.95. The second-order valence-electron chi connectivity index (χ2n) is 6.82. The molecule has 0 spiro atoms. The highest BCUT2D eigenvalue weighted by atomic mass is 16.2. The van der Waals surface area contributed by atoms with Gasteiger partial charge < -0.3 is 10.6 Å². The minimum atomic E-state index is -1.15. The summed E-state index contributed by atoms with van der Waals surface area (Å²) >= 11 is 0. The summed E-state index contributed by atoms with van der Waals surface area (Å²) in [5.74, 6) is -0.579. The molecule has 4 nitrogen and oxygen atoms in total. The van der Waals surface area contributed by atoms with E-state index in [1.165, 1.54) is 0 Å². The molecule has 0 fully saturated rings. The van der Waals surface area contributed by atoms with Gasteiger partial charge in [-0.2, -0.15) is 0 Å². The summed E-state index contributed by atoms with van der Waals surface area (Å²) in [7, 11) is 0. The van der Waals surface area contributed by atoms with E-state index >= 15 is 0 Å². The van der Waals surface area contributed by atoms with Crippen LogP contribution in [0, 0.1) is 19.3 Å². The van der Waals surface area contributed by atoms with Crippen molar-refractivity contribution in [1.82, 2.24) is 5.32 Å². The van der Waals surface area contributed by atoms with Gasteiger partial charge in [0.05, 0.1) is 0 Å². The molecule has 0 saturated heterocycles. The van der Waals surface area contributed by atoms with E-state index in [4.69, 9.17) is 0 Å². The summed E-state index contributed by atoms with van der Waals surface area (Å²) in [5, 5.41) is 5.74. The number of anilines is 1. The first kappa shape index (κ1) is 18.7. The Morgan fingerprint density at radius 2 is 1.60 bits per heavy atom. The molecule has 0 aromatic heterocycles. The highest BCUT2D eigenvalue weighted by Gasteiger charge is 2.36. The van der Waals surface area contributed by atoms with Crippen LogP contribution in [-0.2, 0) is 16.0 Å². The van der Waals surface area contributed by atoms with Crippen LogP contribution < -0.4 is 10.6 Å². The third-order valence-electron chi connectivity index (χ3n) is 4.53. The van der Waals surface area contributed by atoms with Crippen LogP contribution in [0.3, 0.4) is 0 Å². The van der Waals surface area contributed by atoms with Crippen LogP contribution in [-0.4, -0.2) is 18.4 Å². The maximum atomic E-state index is 12.6. The van der Waals surface area contributed by atoms with Crippen molar-refractivity contribution in [3.05, 3.63) is 65.2 Å². The van der Waals surface area contributed by atoms with E-state index in [1.54, 1.807) is 13.8 Å². The molecule has 0 aliphatic rings. The van der Waals surface area contributed by atoms with Gasteiger partial charge in [-0.3, -0.25) is 9.59 Å². The molecular weight excluding hydrogens is 312 g/mol. The molecule has 25 heavy (non-hydrogen) atoms. The molecule has 0 aliphatic heterocycles. The predicted molar refractivity (Wildman–Crippen MR) is 101 cm³/mol. The number of carbonyl (C=O) groups is 2. The van der Waals surface area contributed by atoms with Crippen molar-refractivity contribution >= 4 is 17.5 Å². The normalized spacial score (nSPS) is 11.0. The number of hydrogen-bond donors (Lipinski definition) is 2. The average molecular weight is 338 g/mol. The lowest BCUT2D eigenvalue weighted by molar-refractivity contribution is -0.138. The summed E-state index contributed by atoms with van der Waals surface area (Å²) in [6.07, 6.45) is 0.737. The van der Waals surface area contributed by atoms with Crippen molar-refractivity contribution in [2.75, 3.05) is 11.9 Å². The van der Waals surface area contributed by atoms with Crippen molar-refractivity contribution in [2.45, 2.75) is 34.1 Å². The van der Waals surface area contributed by atoms with Gasteiger partial charge in [0.1, 0.15) is 5.41 Å². The zero-order chi connectivity index (χ0) is 18.4. The van der Waals surface area contributed by atoms with Crippen LogP contribution in [0.2, 0.25) is 0 Å². The Morgan fingerprint density at radius 3 is 2.28 bits per heavy atom. The van der Waals surface area contributed by atoms with Gasteiger partial charge in [-0.25, -0.2) is 0 Å². The lowest BCUT2D eigenvalue weighted by Crippen LogP contribution is -2.45. The van der Waals surface area contributed by atoms with Crippen molar-refractivity contribution in [1.29, 1.82) is 0 Å². The molecule has 0 atom stereocenters. The third kappa shape index (κ3) is 4.69. The first-order chi connectivity index (χ1) is 11.8. The number of carbonyl (C=O) groups excluding carboxylic acids is 2. The number of rotatable bonds is 6. The third-order valence-corrected chi connectivity index (χ3v) is 4.53. The first-order valence-electron chi connectivity index (χ1n) is 8.52. The maximum absolute atomic E-state index is 12.6. The van der Waals surface area contributed by atoms with Crippen LogP contribution in [0.1, 0.15) is 30.5 Å². The van der Waals surface area contributed by atoms with Gasteiger partial charge in [0.15, 0.2) is 0 Å². The molecule has 2 aromatic rings. The molecular formula is C21H26N2O2. The summed E-state index contributed by atoms with van der Waals surface area (Å²) in [5.41, 5.74) is 2.86. The van der Waals surface area contributed by atoms with Crippen molar-refractivity contribution in [3.63, 3.8) is 0 Å². The van der Waals surface area contributed by atoms with Gasteiger partial charge in [0, 0.05) is 12.2 Å². The second kappa shape index (κ2) is 7.97. The monoisotopic (exact) mass is 338 g/mol. The smallest absolute Gasteiger partial charge is 0.239 e. The van der Waals surface area contributed by atoms with Crippen LogP contribution >= 0.6 is 0 Å². The van der Waals surface area contributed by atoms with Crippen LogP contribution in [0.15, 0.2) is 48.5 Å². The predicted octanol–water partition coefficient (Wildman–Crippen LogP) is 3.63. The lowest BCUT2D eigenvalue weighted by Gasteiger charge is -2.23. The fraction of sp³-hybridized carbons (Fsp3) is 0.333. The molecule has 2 amide bonds. The van der Waals surface area contributed by atoms with E-state index in [1.807, 2.05) is 62.4 Å². The van der Waals surface area contributed by atoms with Gasteiger partial charge >= 0.3 is 0 Å². The van der Waals surface area contributed by atoms with Crippen molar-refractivity contribution in [3.8, 4) is 0 Å². The second-order valence-corrected chi connectivity index (χ2v) is 6.82. The maximum Gasteiger partial charge on any atom is 0.239 e. The van der Waals surface area contributed by atoms with Crippen LogP contribution in [0.4, 0.5) is 5.69 Å². The van der Waals surface area contributed by atoms with E-state index in [0.717, 1.165) is 28.8 Å². The first-order valence-corrected chi connectivity index (χ1v) is 8.52. The number of aryl methyl sites for hydroxylation is 1. The molecule has 2 rings (SSSR count). The number of hydrogen-bond acceptors (Lipinski definition) is 2. The van der Waals surface area contributed by atoms with Crippen LogP contribution in [0.5, 0.6) is 0 Å². The number of amides is 2. The minimum absolute atomic E-state index is 0.272. The fourth-order valence-electron chi connectivity index (χ4n) is 2.45. The van der Waals surface area contributed by atoms with Gasteiger partial charge in [0.25, 0.3) is 0 Å². The van der Waals surface area contributed by atoms with Gasteiger partial charge in [-0.1, -0.05) is 42.5 Å². The molecule has 0 unspecified atom stereocenters. The Hall–Kier alpha value is -2.62. The number of benzene rings is 2. The molecule has 0 radical (unpaired) electrons. The molecule has 132 valence electrons. The number of nitrogens with one attached hydrogen (secondary N) is 2. The van der Waals surface area contributed by atoms with Gasteiger partial charge in [-0.15, -0.1) is 0 Å². The van der Waals surface area contributed by atoms with Gasteiger partial charge in [-0.05, 0) is 56.9 Å². The topological polar surface area (TPSA) is 58.2 Å². The Bertz CT molecular complexity index is 752. The Morgan fingerprint density at radius 1 is 0.920 bits per heavy atom. The summed E-state index contributed by atoms with van der Waals surface area (Å²) in [6, 6.07) is 15.7.